The maximum absolute atomic E-state index is 3.73. The van der Waals surface area contributed by atoms with Crippen LogP contribution in [0.1, 0.15) is 93.9 Å². The first-order valence-corrected chi connectivity index (χ1v) is 9.89. The van der Waals surface area contributed by atoms with Gasteiger partial charge >= 0.3 is 0 Å². The van der Waals surface area contributed by atoms with Crippen LogP contribution in [0, 0.1) is 6.92 Å². The van der Waals surface area contributed by atoms with Gasteiger partial charge in [-0.15, -0.1) is 11.3 Å². The number of thiophene rings is 1. The van der Waals surface area contributed by atoms with Crippen LogP contribution in [0.4, 0.5) is 0 Å². The van der Waals surface area contributed by atoms with Gasteiger partial charge in [0.15, 0.2) is 0 Å². The van der Waals surface area contributed by atoms with Gasteiger partial charge in [0.05, 0.1) is 0 Å². The third kappa shape index (κ3) is 8.63. The molecular weight excluding hydrogens is 274 g/mol. The van der Waals surface area contributed by atoms with E-state index in [0.717, 1.165) is 6.54 Å². The van der Waals surface area contributed by atoms with E-state index in [4.69, 9.17) is 0 Å². The lowest BCUT2D eigenvalue weighted by atomic mass is 10.0. The SMILES string of the molecule is CCCCCCCCCCC(NCCC)c1ccc(C)s1. The summed E-state index contributed by atoms with van der Waals surface area (Å²) in [4.78, 5) is 2.97. The number of rotatable bonds is 13. The van der Waals surface area contributed by atoms with Crippen molar-refractivity contribution in [1.29, 1.82) is 0 Å². The predicted molar refractivity (Wildman–Crippen MR) is 97.3 cm³/mol. The third-order valence-electron chi connectivity index (χ3n) is 4.09. The van der Waals surface area contributed by atoms with Gasteiger partial charge in [0.2, 0.25) is 0 Å². The van der Waals surface area contributed by atoms with E-state index in [-0.39, 0.29) is 0 Å². The zero-order chi connectivity index (χ0) is 15.3. The van der Waals surface area contributed by atoms with Gasteiger partial charge in [0.25, 0.3) is 0 Å². The van der Waals surface area contributed by atoms with Crippen molar-refractivity contribution < 1.29 is 0 Å². The van der Waals surface area contributed by atoms with Gasteiger partial charge in [0.1, 0.15) is 0 Å². The van der Waals surface area contributed by atoms with Gasteiger partial charge in [-0.2, -0.15) is 0 Å². The molecule has 0 saturated carbocycles. The minimum absolute atomic E-state index is 0.587. The largest absolute Gasteiger partial charge is 0.309 e. The summed E-state index contributed by atoms with van der Waals surface area (Å²) in [6.45, 7) is 7.88. The molecule has 0 aliphatic rings. The Labute approximate surface area is 136 Å². The molecule has 2 heteroatoms. The molecule has 1 atom stereocenters. The van der Waals surface area contributed by atoms with E-state index in [1.54, 1.807) is 0 Å². The number of unbranched alkanes of at least 4 members (excludes halogenated alkanes) is 7. The quantitative estimate of drug-likeness (QED) is 0.403. The van der Waals surface area contributed by atoms with Crippen LogP contribution >= 0.6 is 11.3 Å². The van der Waals surface area contributed by atoms with Gasteiger partial charge in [-0.1, -0.05) is 65.2 Å². The Morgan fingerprint density at radius 3 is 2.14 bits per heavy atom. The van der Waals surface area contributed by atoms with Crippen molar-refractivity contribution in [1.82, 2.24) is 5.32 Å². The molecule has 0 amide bonds. The first-order chi connectivity index (χ1) is 10.3. The Hall–Kier alpha value is -0.340. The first-order valence-electron chi connectivity index (χ1n) is 9.07. The van der Waals surface area contributed by atoms with E-state index in [1.807, 2.05) is 11.3 Å². The van der Waals surface area contributed by atoms with Gasteiger partial charge < -0.3 is 5.32 Å². The predicted octanol–water partition coefficient (Wildman–Crippen LogP) is 6.63. The summed E-state index contributed by atoms with van der Waals surface area (Å²) < 4.78 is 0. The molecule has 0 aliphatic carbocycles. The molecule has 1 nitrogen and oxygen atoms in total. The van der Waals surface area contributed by atoms with E-state index in [1.165, 1.54) is 74.0 Å². The zero-order valence-corrected chi connectivity index (χ0v) is 15.2. The van der Waals surface area contributed by atoms with Crippen LogP contribution in [0.3, 0.4) is 0 Å². The zero-order valence-electron chi connectivity index (χ0n) is 14.4. The molecule has 0 saturated heterocycles. The van der Waals surface area contributed by atoms with Gasteiger partial charge in [0, 0.05) is 15.8 Å². The van der Waals surface area contributed by atoms with Gasteiger partial charge in [-0.25, -0.2) is 0 Å². The second-order valence-electron chi connectivity index (χ2n) is 6.22. The van der Waals surface area contributed by atoms with Crippen LogP contribution in [0.15, 0.2) is 12.1 Å². The lowest BCUT2D eigenvalue weighted by molar-refractivity contribution is 0.470. The maximum atomic E-state index is 3.73. The molecule has 0 aliphatic heterocycles. The van der Waals surface area contributed by atoms with E-state index >= 15 is 0 Å². The number of nitrogens with one attached hydrogen (secondary N) is 1. The van der Waals surface area contributed by atoms with E-state index in [9.17, 15) is 0 Å². The van der Waals surface area contributed by atoms with Crippen LogP contribution < -0.4 is 5.32 Å². The molecule has 1 N–H and O–H groups in total. The molecule has 1 unspecified atom stereocenters. The lowest BCUT2D eigenvalue weighted by Crippen LogP contribution is -2.21. The summed E-state index contributed by atoms with van der Waals surface area (Å²) in [5.74, 6) is 0. The maximum Gasteiger partial charge on any atom is 0.0414 e. The van der Waals surface area contributed by atoms with Crippen LogP contribution in [0.5, 0.6) is 0 Å². The summed E-state index contributed by atoms with van der Waals surface area (Å²) in [6.07, 6.45) is 13.8. The standard InChI is InChI=1S/C19H35NS/c1-4-6-7-8-9-10-11-12-13-18(20-16-5-2)19-15-14-17(3)21-19/h14-15,18,20H,4-13,16H2,1-3H3. The highest BCUT2D eigenvalue weighted by Gasteiger charge is 2.11. The molecule has 0 bridgehead atoms. The minimum Gasteiger partial charge on any atom is -0.309 e. The van der Waals surface area contributed by atoms with Crippen molar-refractivity contribution in [2.45, 2.75) is 91.0 Å². The summed E-state index contributed by atoms with van der Waals surface area (Å²) >= 11 is 1.96. The van der Waals surface area contributed by atoms with Gasteiger partial charge in [-0.3, -0.25) is 0 Å². The van der Waals surface area contributed by atoms with Gasteiger partial charge in [-0.05, 0) is 38.4 Å². The smallest absolute Gasteiger partial charge is 0.0414 e. The fraction of sp³-hybridized carbons (Fsp3) is 0.789. The second kappa shape index (κ2) is 12.2. The van der Waals surface area contributed by atoms with Crippen LogP contribution in [0.2, 0.25) is 0 Å². The van der Waals surface area contributed by atoms with E-state index < -0.39 is 0 Å². The fourth-order valence-electron chi connectivity index (χ4n) is 2.79. The molecule has 1 rings (SSSR count). The average Bonchev–Trinajstić information content (AvgIpc) is 2.91. The molecule has 122 valence electrons. The van der Waals surface area contributed by atoms with E-state index in [0.29, 0.717) is 6.04 Å². The normalized spacial score (nSPS) is 12.7. The van der Waals surface area contributed by atoms with Crippen LogP contribution in [-0.2, 0) is 0 Å². The summed E-state index contributed by atoms with van der Waals surface area (Å²) in [6, 6.07) is 5.16. The molecule has 1 aromatic rings. The van der Waals surface area contributed by atoms with E-state index in [2.05, 4.69) is 38.2 Å². The van der Waals surface area contributed by atoms with Crippen molar-refractivity contribution in [2.75, 3.05) is 6.54 Å². The Morgan fingerprint density at radius 2 is 1.57 bits per heavy atom. The lowest BCUT2D eigenvalue weighted by Gasteiger charge is -2.17. The van der Waals surface area contributed by atoms with Crippen LogP contribution in [-0.4, -0.2) is 6.54 Å². The van der Waals surface area contributed by atoms with Crippen LogP contribution in [0.25, 0.3) is 0 Å². The first kappa shape index (κ1) is 18.7. The number of aryl methyl sites for hydroxylation is 1. The molecule has 0 spiro atoms. The number of hydrogen-bond acceptors (Lipinski definition) is 2. The second-order valence-corrected chi connectivity index (χ2v) is 7.54. The van der Waals surface area contributed by atoms with Crippen molar-refractivity contribution in [3.8, 4) is 0 Å². The Morgan fingerprint density at radius 1 is 0.905 bits per heavy atom. The average molecular weight is 310 g/mol. The number of hydrogen-bond donors (Lipinski definition) is 1. The molecule has 21 heavy (non-hydrogen) atoms. The summed E-state index contributed by atoms with van der Waals surface area (Å²) in [5.41, 5.74) is 0. The van der Waals surface area contributed by atoms with Crippen molar-refractivity contribution in [3.05, 3.63) is 21.9 Å². The summed E-state index contributed by atoms with van der Waals surface area (Å²) in [5, 5.41) is 3.73. The Bertz CT molecular complexity index is 345. The highest BCUT2D eigenvalue weighted by molar-refractivity contribution is 7.12. The topological polar surface area (TPSA) is 12.0 Å². The molecule has 0 fully saturated rings. The highest BCUT2D eigenvalue weighted by atomic mass is 32.1. The highest BCUT2D eigenvalue weighted by Crippen LogP contribution is 2.27. The van der Waals surface area contributed by atoms with Crippen molar-refractivity contribution in [2.24, 2.45) is 0 Å². The van der Waals surface area contributed by atoms with Crippen molar-refractivity contribution in [3.63, 3.8) is 0 Å². The van der Waals surface area contributed by atoms with Crippen molar-refractivity contribution >= 4 is 11.3 Å². The third-order valence-corrected chi connectivity index (χ3v) is 5.21. The monoisotopic (exact) mass is 309 g/mol. The molecule has 0 aromatic carbocycles. The molecule has 0 radical (unpaired) electrons. The summed E-state index contributed by atoms with van der Waals surface area (Å²) in [7, 11) is 0. The molecule has 1 aromatic heterocycles. The molecular formula is C19H35NS. The molecule has 1 heterocycles. The minimum atomic E-state index is 0.587. The Kier molecular flexibility index (Phi) is 10.9. The Balaban J connectivity index is 2.18. The fourth-order valence-corrected chi connectivity index (χ4v) is 3.77.